The molecular formula is C17H24BrNO2. The van der Waals surface area contributed by atoms with Crippen molar-refractivity contribution in [3.05, 3.63) is 28.7 Å². The van der Waals surface area contributed by atoms with E-state index < -0.39 is 5.54 Å². The maximum atomic E-state index is 12.6. The Balaban J connectivity index is 2.24. The predicted octanol–water partition coefficient (Wildman–Crippen LogP) is 4.76. The molecule has 0 bridgehead atoms. The molecule has 1 aliphatic carbocycles. The van der Waals surface area contributed by atoms with E-state index >= 15 is 0 Å². The lowest BCUT2D eigenvalue weighted by atomic mass is 9.75. The number of halogens is 1. The van der Waals surface area contributed by atoms with Gasteiger partial charge in [-0.1, -0.05) is 41.3 Å². The number of hydrogen-bond acceptors (Lipinski definition) is 3. The molecular weight excluding hydrogens is 330 g/mol. The summed E-state index contributed by atoms with van der Waals surface area (Å²) in [4.78, 5) is 12.6. The van der Waals surface area contributed by atoms with Crippen molar-refractivity contribution in [2.45, 2.75) is 51.5 Å². The lowest BCUT2D eigenvalue weighted by molar-refractivity contribution is -0.150. The molecule has 1 aliphatic rings. The highest BCUT2D eigenvalue weighted by atomic mass is 79.9. The summed E-state index contributed by atoms with van der Waals surface area (Å²) in [5, 5.41) is 3.45. The lowest BCUT2D eigenvalue weighted by Gasteiger charge is -2.39. The normalized spacial score (nSPS) is 18.8. The molecule has 0 amide bonds. The number of nitrogens with one attached hydrogen (secondary N) is 1. The maximum Gasteiger partial charge on any atom is 0.331 e. The van der Waals surface area contributed by atoms with Crippen LogP contribution >= 0.6 is 15.9 Å². The van der Waals surface area contributed by atoms with Gasteiger partial charge in [-0.25, -0.2) is 4.79 Å². The van der Waals surface area contributed by atoms with Crippen molar-refractivity contribution in [3.8, 4) is 0 Å². The third kappa shape index (κ3) is 4.00. The molecule has 21 heavy (non-hydrogen) atoms. The standard InChI is InChI=1S/C17H24BrNO2/c1-3-21-16(20)17(2,13-8-5-4-6-9-13)19-15-11-7-10-14(18)12-15/h7,10-13,19H,3-6,8-9H2,1-2H3. The highest BCUT2D eigenvalue weighted by Gasteiger charge is 2.43. The Kier molecular flexibility index (Phi) is 5.68. The number of carbonyl (C=O) groups is 1. The Morgan fingerprint density at radius 3 is 2.71 bits per heavy atom. The number of carbonyl (C=O) groups excluding carboxylic acids is 1. The molecule has 116 valence electrons. The van der Waals surface area contributed by atoms with E-state index in [0.29, 0.717) is 12.5 Å². The average molecular weight is 354 g/mol. The number of benzene rings is 1. The first-order valence-electron chi connectivity index (χ1n) is 7.77. The van der Waals surface area contributed by atoms with Gasteiger partial charge < -0.3 is 10.1 Å². The number of esters is 1. The van der Waals surface area contributed by atoms with Crippen molar-refractivity contribution >= 4 is 27.6 Å². The molecule has 3 nitrogen and oxygen atoms in total. The molecule has 0 heterocycles. The first-order chi connectivity index (χ1) is 10.1. The Morgan fingerprint density at radius 2 is 2.10 bits per heavy atom. The molecule has 1 fully saturated rings. The minimum Gasteiger partial charge on any atom is -0.464 e. The monoisotopic (exact) mass is 353 g/mol. The summed E-state index contributed by atoms with van der Waals surface area (Å²) in [6, 6.07) is 7.94. The van der Waals surface area contributed by atoms with Crippen molar-refractivity contribution in [1.29, 1.82) is 0 Å². The summed E-state index contributed by atoms with van der Waals surface area (Å²) in [7, 11) is 0. The van der Waals surface area contributed by atoms with Crippen LogP contribution in [0.3, 0.4) is 0 Å². The van der Waals surface area contributed by atoms with Crippen molar-refractivity contribution in [3.63, 3.8) is 0 Å². The van der Waals surface area contributed by atoms with Crippen LogP contribution in [-0.4, -0.2) is 18.1 Å². The first kappa shape index (κ1) is 16.3. The van der Waals surface area contributed by atoms with E-state index in [9.17, 15) is 4.79 Å². The molecule has 1 N–H and O–H groups in total. The van der Waals surface area contributed by atoms with Crippen LogP contribution < -0.4 is 5.32 Å². The Morgan fingerprint density at radius 1 is 1.38 bits per heavy atom. The van der Waals surface area contributed by atoms with E-state index in [0.717, 1.165) is 23.0 Å². The number of rotatable bonds is 5. The van der Waals surface area contributed by atoms with Crippen LogP contribution in [0.15, 0.2) is 28.7 Å². The second-order valence-corrected chi connectivity index (χ2v) is 6.81. The SMILES string of the molecule is CCOC(=O)C(C)(Nc1cccc(Br)c1)C1CCCCC1. The summed E-state index contributed by atoms with van der Waals surface area (Å²) < 4.78 is 6.35. The molecule has 0 aliphatic heterocycles. The zero-order valence-electron chi connectivity index (χ0n) is 12.8. The average Bonchev–Trinajstić information content (AvgIpc) is 2.48. The minimum absolute atomic E-state index is 0.142. The highest BCUT2D eigenvalue weighted by Crippen LogP contribution is 2.36. The third-order valence-corrected chi connectivity index (χ3v) is 4.84. The summed E-state index contributed by atoms with van der Waals surface area (Å²) >= 11 is 3.48. The lowest BCUT2D eigenvalue weighted by Crippen LogP contribution is -2.51. The fourth-order valence-corrected chi connectivity index (χ4v) is 3.55. The van der Waals surface area contributed by atoms with Crippen LogP contribution in [0.2, 0.25) is 0 Å². The Labute approximate surface area is 135 Å². The predicted molar refractivity (Wildman–Crippen MR) is 89.4 cm³/mol. The smallest absolute Gasteiger partial charge is 0.331 e. The molecule has 1 unspecified atom stereocenters. The van der Waals surface area contributed by atoms with E-state index in [-0.39, 0.29) is 5.97 Å². The summed E-state index contributed by atoms with van der Waals surface area (Å²) in [5.41, 5.74) is 0.294. The molecule has 1 aromatic rings. The molecule has 2 rings (SSSR count). The van der Waals surface area contributed by atoms with Gasteiger partial charge in [-0.3, -0.25) is 0 Å². The highest BCUT2D eigenvalue weighted by molar-refractivity contribution is 9.10. The van der Waals surface area contributed by atoms with Crippen molar-refractivity contribution in [2.24, 2.45) is 5.92 Å². The van der Waals surface area contributed by atoms with Crippen LogP contribution in [-0.2, 0) is 9.53 Å². The van der Waals surface area contributed by atoms with E-state index in [2.05, 4.69) is 21.2 Å². The molecule has 1 atom stereocenters. The van der Waals surface area contributed by atoms with Crippen LogP contribution in [0.4, 0.5) is 5.69 Å². The van der Waals surface area contributed by atoms with Gasteiger partial charge in [0, 0.05) is 10.2 Å². The van der Waals surface area contributed by atoms with Gasteiger partial charge in [-0.05, 0) is 50.8 Å². The van der Waals surface area contributed by atoms with E-state index in [1.165, 1.54) is 19.3 Å². The van der Waals surface area contributed by atoms with E-state index in [1.54, 1.807) is 0 Å². The third-order valence-electron chi connectivity index (χ3n) is 4.35. The molecule has 0 aromatic heterocycles. The van der Waals surface area contributed by atoms with Gasteiger partial charge in [0.15, 0.2) is 0 Å². The largest absolute Gasteiger partial charge is 0.464 e. The number of ether oxygens (including phenoxy) is 1. The van der Waals surface area contributed by atoms with Gasteiger partial charge in [0.05, 0.1) is 6.61 Å². The Hall–Kier alpha value is -1.03. The molecule has 0 radical (unpaired) electrons. The van der Waals surface area contributed by atoms with Gasteiger partial charge in [0.25, 0.3) is 0 Å². The van der Waals surface area contributed by atoms with Gasteiger partial charge in [0.1, 0.15) is 5.54 Å². The van der Waals surface area contributed by atoms with Crippen molar-refractivity contribution < 1.29 is 9.53 Å². The first-order valence-corrected chi connectivity index (χ1v) is 8.56. The topological polar surface area (TPSA) is 38.3 Å². The minimum atomic E-state index is -0.656. The second-order valence-electron chi connectivity index (χ2n) is 5.89. The maximum absolute atomic E-state index is 12.6. The van der Waals surface area contributed by atoms with E-state index in [1.807, 2.05) is 38.1 Å². The van der Waals surface area contributed by atoms with Crippen LogP contribution in [0.5, 0.6) is 0 Å². The van der Waals surface area contributed by atoms with Crippen LogP contribution in [0, 0.1) is 5.92 Å². The number of anilines is 1. The molecule has 0 spiro atoms. The fourth-order valence-electron chi connectivity index (χ4n) is 3.15. The summed E-state index contributed by atoms with van der Waals surface area (Å²) in [5.74, 6) is 0.182. The van der Waals surface area contributed by atoms with Gasteiger partial charge >= 0.3 is 5.97 Å². The van der Waals surface area contributed by atoms with E-state index in [4.69, 9.17) is 4.74 Å². The summed E-state index contributed by atoms with van der Waals surface area (Å²) in [6.45, 7) is 4.27. The zero-order chi connectivity index (χ0) is 15.3. The second kappa shape index (κ2) is 7.30. The van der Waals surface area contributed by atoms with Crippen molar-refractivity contribution in [2.75, 3.05) is 11.9 Å². The van der Waals surface area contributed by atoms with Gasteiger partial charge in [0.2, 0.25) is 0 Å². The van der Waals surface area contributed by atoms with Crippen molar-refractivity contribution in [1.82, 2.24) is 0 Å². The Bertz CT molecular complexity index is 485. The molecule has 1 saturated carbocycles. The van der Waals surface area contributed by atoms with Gasteiger partial charge in [-0.2, -0.15) is 0 Å². The molecule has 1 aromatic carbocycles. The molecule has 4 heteroatoms. The van der Waals surface area contributed by atoms with Gasteiger partial charge in [-0.15, -0.1) is 0 Å². The molecule has 0 saturated heterocycles. The summed E-state index contributed by atoms with van der Waals surface area (Å²) in [6.07, 6.45) is 5.82. The zero-order valence-corrected chi connectivity index (χ0v) is 14.4. The van der Waals surface area contributed by atoms with Crippen LogP contribution in [0.1, 0.15) is 46.0 Å². The van der Waals surface area contributed by atoms with Crippen LogP contribution in [0.25, 0.3) is 0 Å². The quantitative estimate of drug-likeness (QED) is 0.775. The fraction of sp³-hybridized carbons (Fsp3) is 0.588. The number of hydrogen-bond donors (Lipinski definition) is 1.